The molecule has 0 aromatic heterocycles. The van der Waals surface area contributed by atoms with E-state index in [1.54, 1.807) is 0 Å². The van der Waals surface area contributed by atoms with Crippen molar-refractivity contribution in [2.24, 2.45) is 11.8 Å². The Balaban J connectivity index is 1.74. The summed E-state index contributed by atoms with van der Waals surface area (Å²) >= 11 is 1.49. The largest absolute Gasteiger partial charge is 0.481 e. The molecule has 1 saturated carbocycles. The highest BCUT2D eigenvalue weighted by Crippen LogP contribution is 2.29. The number of amides is 1. The smallest absolute Gasteiger partial charge is 0.306 e. The summed E-state index contributed by atoms with van der Waals surface area (Å²) in [7, 11) is 0. The topological polar surface area (TPSA) is 66.4 Å². The standard InChI is InChI=1S/C16H21NO3S/c18-15(11-21-13-7-2-1-3-8-13)17-10-12-6-4-5-9-14(12)16(19)20/h1-3,7-8,12,14H,4-6,9-11H2,(H,17,18)(H,19,20). The molecule has 1 fully saturated rings. The quantitative estimate of drug-likeness (QED) is 0.793. The molecule has 21 heavy (non-hydrogen) atoms. The summed E-state index contributed by atoms with van der Waals surface area (Å²) in [5, 5.41) is 12.1. The molecule has 0 spiro atoms. The maximum atomic E-state index is 11.9. The number of aliphatic carboxylic acids is 1. The van der Waals surface area contributed by atoms with Crippen LogP contribution >= 0.6 is 11.8 Å². The van der Waals surface area contributed by atoms with Crippen LogP contribution in [0.25, 0.3) is 0 Å². The van der Waals surface area contributed by atoms with Crippen molar-refractivity contribution in [3.05, 3.63) is 30.3 Å². The van der Waals surface area contributed by atoms with Gasteiger partial charge in [-0.2, -0.15) is 0 Å². The monoisotopic (exact) mass is 307 g/mol. The molecule has 2 unspecified atom stereocenters. The van der Waals surface area contributed by atoms with Crippen LogP contribution in [0.4, 0.5) is 0 Å². The van der Waals surface area contributed by atoms with E-state index in [1.807, 2.05) is 30.3 Å². The van der Waals surface area contributed by atoms with E-state index in [-0.39, 0.29) is 17.7 Å². The molecule has 1 aromatic rings. The maximum Gasteiger partial charge on any atom is 0.306 e. The molecule has 0 bridgehead atoms. The Labute approximate surface area is 129 Å². The number of carbonyl (C=O) groups is 2. The zero-order chi connectivity index (χ0) is 15.1. The predicted molar refractivity (Wildman–Crippen MR) is 83.3 cm³/mol. The summed E-state index contributed by atoms with van der Waals surface area (Å²) in [5.74, 6) is -0.622. The maximum absolute atomic E-state index is 11.9. The summed E-state index contributed by atoms with van der Waals surface area (Å²) in [6.45, 7) is 0.477. The van der Waals surface area contributed by atoms with E-state index in [1.165, 1.54) is 11.8 Å². The summed E-state index contributed by atoms with van der Waals surface area (Å²) in [6, 6.07) is 9.78. The molecule has 0 heterocycles. The molecule has 1 aromatic carbocycles. The molecule has 2 atom stereocenters. The molecule has 0 aliphatic heterocycles. The van der Waals surface area contributed by atoms with E-state index < -0.39 is 5.97 Å². The van der Waals surface area contributed by atoms with Gasteiger partial charge in [0.05, 0.1) is 11.7 Å². The Morgan fingerprint density at radius 1 is 1.19 bits per heavy atom. The minimum atomic E-state index is -0.729. The normalized spacial score (nSPS) is 21.7. The highest BCUT2D eigenvalue weighted by atomic mass is 32.2. The number of hydrogen-bond donors (Lipinski definition) is 2. The van der Waals surface area contributed by atoms with Crippen LogP contribution in [0.5, 0.6) is 0 Å². The number of carbonyl (C=O) groups excluding carboxylic acids is 1. The number of carboxylic acid groups (broad SMARTS) is 1. The van der Waals surface area contributed by atoms with Gasteiger partial charge in [0.25, 0.3) is 0 Å². The second-order valence-electron chi connectivity index (χ2n) is 5.40. The zero-order valence-electron chi connectivity index (χ0n) is 12.0. The van der Waals surface area contributed by atoms with Gasteiger partial charge in [0.1, 0.15) is 0 Å². The fourth-order valence-corrected chi connectivity index (χ4v) is 3.49. The van der Waals surface area contributed by atoms with Crippen molar-refractivity contribution in [3.8, 4) is 0 Å². The lowest BCUT2D eigenvalue weighted by molar-refractivity contribution is -0.145. The third-order valence-corrected chi connectivity index (χ3v) is 4.91. The van der Waals surface area contributed by atoms with Gasteiger partial charge in [0.15, 0.2) is 0 Å². The van der Waals surface area contributed by atoms with Gasteiger partial charge < -0.3 is 10.4 Å². The Kier molecular flexibility index (Phi) is 6.11. The van der Waals surface area contributed by atoms with Gasteiger partial charge >= 0.3 is 5.97 Å². The molecule has 5 heteroatoms. The Hall–Kier alpha value is -1.49. The summed E-state index contributed by atoms with van der Waals surface area (Å²) in [5.41, 5.74) is 0. The van der Waals surface area contributed by atoms with Gasteiger partial charge in [-0.25, -0.2) is 0 Å². The van der Waals surface area contributed by atoms with Gasteiger partial charge in [0, 0.05) is 11.4 Å². The molecule has 2 rings (SSSR count). The first-order valence-electron chi connectivity index (χ1n) is 7.34. The molecule has 4 nitrogen and oxygen atoms in total. The van der Waals surface area contributed by atoms with Crippen molar-refractivity contribution >= 4 is 23.6 Å². The van der Waals surface area contributed by atoms with Crippen LogP contribution in [-0.4, -0.2) is 29.3 Å². The van der Waals surface area contributed by atoms with E-state index in [0.717, 1.165) is 30.6 Å². The number of nitrogens with one attached hydrogen (secondary N) is 1. The molecule has 1 amide bonds. The lowest BCUT2D eigenvalue weighted by atomic mass is 9.79. The molecular weight excluding hydrogens is 286 g/mol. The highest BCUT2D eigenvalue weighted by Gasteiger charge is 2.30. The summed E-state index contributed by atoms with van der Waals surface area (Å²) < 4.78 is 0. The molecular formula is C16H21NO3S. The van der Waals surface area contributed by atoms with Gasteiger partial charge in [-0.05, 0) is 30.9 Å². The second-order valence-corrected chi connectivity index (χ2v) is 6.44. The van der Waals surface area contributed by atoms with Crippen molar-refractivity contribution in [2.45, 2.75) is 30.6 Å². The fraction of sp³-hybridized carbons (Fsp3) is 0.500. The van der Waals surface area contributed by atoms with Crippen molar-refractivity contribution in [2.75, 3.05) is 12.3 Å². The van der Waals surface area contributed by atoms with E-state index in [2.05, 4.69) is 5.32 Å². The first-order chi connectivity index (χ1) is 10.2. The van der Waals surface area contributed by atoms with Crippen molar-refractivity contribution in [3.63, 3.8) is 0 Å². The number of hydrogen-bond acceptors (Lipinski definition) is 3. The van der Waals surface area contributed by atoms with Gasteiger partial charge in [-0.1, -0.05) is 31.0 Å². The van der Waals surface area contributed by atoms with Crippen molar-refractivity contribution in [1.82, 2.24) is 5.32 Å². The van der Waals surface area contributed by atoms with Crippen LogP contribution in [-0.2, 0) is 9.59 Å². The average molecular weight is 307 g/mol. The molecule has 1 aliphatic rings. The number of rotatable bonds is 6. The summed E-state index contributed by atoms with van der Waals surface area (Å²) in [6.07, 6.45) is 3.66. The fourth-order valence-electron chi connectivity index (χ4n) is 2.74. The van der Waals surface area contributed by atoms with Crippen LogP contribution in [0.3, 0.4) is 0 Å². The van der Waals surface area contributed by atoms with E-state index in [4.69, 9.17) is 0 Å². The lowest BCUT2D eigenvalue weighted by Crippen LogP contribution is -2.37. The Morgan fingerprint density at radius 2 is 1.90 bits per heavy atom. The van der Waals surface area contributed by atoms with E-state index >= 15 is 0 Å². The molecule has 1 aliphatic carbocycles. The van der Waals surface area contributed by atoms with Crippen molar-refractivity contribution < 1.29 is 14.7 Å². The van der Waals surface area contributed by atoms with Gasteiger partial charge in [-0.15, -0.1) is 11.8 Å². The predicted octanol–water partition coefficient (Wildman–Crippen LogP) is 2.79. The zero-order valence-corrected chi connectivity index (χ0v) is 12.8. The number of carboxylic acids is 1. The van der Waals surface area contributed by atoms with Gasteiger partial charge in [-0.3, -0.25) is 9.59 Å². The SMILES string of the molecule is O=C(CSc1ccccc1)NCC1CCCCC1C(=O)O. The first kappa shape index (κ1) is 15.9. The minimum Gasteiger partial charge on any atom is -0.481 e. The molecule has 2 N–H and O–H groups in total. The average Bonchev–Trinajstić information content (AvgIpc) is 2.52. The molecule has 0 radical (unpaired) electrons. The van der Waals surface area contributed by atoms with Crippen LogP contribution in [0.1, 0.15) is 25.7 Å². The van der Waals surface area contributed by atoms with Crippen LogP contribution in [0.15, 0.2) is 35.2 Å². The first-order valence-corrected chi connectivity index (χ1v) is 8.32. The third-order valence-electron chi connectivity index (χ3n) is 3.90. The van der Waals surface area contributed by atoms with Crippen LogP contribution in [0, 0.1) is 11.8 Å². The third kappa shape index (κ3) is 5.08. The highest BCUT2D eigenvalue weighted by molar-refractivity contribution is 8.00. The van der Waals surface area contributed by atoms with Crippen LogP contribution in [0.2, 0.25) is 0 Å². The summed E-state index contributed by atoms with van der Waals surface area (Å²) in [4.78, 5) is 24.1. The number of thioether (sulfide) groups is 1. The molecule has 114 valence electrons. The van der Waals surface area contributed by atoms with Crippen LogP contribution < -0.4 is 5.32 Å². The lowest BCUT2D eigenvalue weighted by Gasteiger charge is -2.28. The van der Waals surface area contributed by atoms with E-state index in [0.29, 0.717) is 12.3 Å². The Bertz CT molecular complexity index is 478. The minimum absolute atomic E-state index is 0.0291. The number of benzene rings is 1. The molecule has 0 saturated heterocycles. The second kappa shape index (κ2) is 8.08. The van der Waals surface area contributed by atoms with Crippen molar-refractivity contribution in [1.29, 1.82) is 0 Å². The van der Waals surface area contributed by atoms with E-state index in [9.17, 15) is 14.7 Å². The Morgan fingerprint density at radius 3 is 2.62 bits per heavy atom. The van der Waals surface area contributed by atoms with Gasteiger partial charge in [0.2, 0.25) is 5.91 Å².